The Hall–Kier alpha value is -0.390. The predicted octanol–water partition coefficient (Wildman–Crippen LogP) is 3.03. The third-order valence-corrected chi connectivity index (χ3v) is 5.19. The summed E-state index contributed by atoms with van der Waals surface area (Å²) >= 11 is 3.63. The first-order chi connectivity index (χ1) is 9.52. The minimum Gasteiger partial charge on any atom is -0.322 e. The van der Waals surface area contributed by atoms with Crippen molar-refractivity contribution < 1.29 is 0 Å². The van der Waals surface area contributed by atoms with Crippen LogP contribution in [0.25, 0.3) is 0 Å². The zero-order chi connectivity index (χ0) is 14.7. The summed E-state index contributed by atoms with van der Waals surface area (Å²) in [4.78, 5) is 2.17. The average Bonchev–Trinajstić information content (AvgIpc) is 3.02. The van der Waals surface area contributed by atoms with Gasteiger partial charge in [0.15, 0.2) is 0 Å². The van der Waals surface area contributed by atoms with Crippen LogP contribution in [-0.4, -0.2) is 35.3 Å². The molecule has 4 nitrogen and oxygen atoms in total. The van der Waals surface area contributed by atoms with Crippen molar-refractivity contribution in [2.75, 3.05) is 20.6 Å². The zero-order valence-corrected chi connectivity index (χ0v) is 14.4. The van der Waals surface area contributed by atoms with Crippen LogP contribution < -0.4 is 5.73 Å². The number of halogens is 1. The van der Waals surface area contributed by atoms with Crippen molar-refractivity contribution in [3.8, 4) is 0 Å². The quantitative estimate of drug-likeness (QED) is 0.864. The molecule has 1 fully saturated rings. The molecule has 0 radical (unpaired) electrons. The minimum absolute atomic E-state index is 0.102. The molecule has 0 aromatic carbocycles. The van der Waals surface area contributed by atoms with Crippen LogP contribution in [0.15, 0.2) is 10.7 Å². The van der Waals surface area contributed by atoms with Gasteiger partial charge in [0, 0.05) is 6.54 Å². The smallest absolute Gasteiger partial charge is 0.0696 e. The highest BCUT2D eigenvalue weighted by Crippen LogP contribution is 2.40. The molecule has 3 atom stereocenters. The van der Waals surface area contributed by atoms with Crippen LogP contribution >= 0.6 is 15.9 Å². The van der Waals surface area contributed by atoms with Gasteiger partial charge in [0.25, 0.3) is 0 Å². The number of nitrogens with two attached hydrogens (primary N) is 1. The molecule has 0 amide bonds. The van der Waals surface area contributed by atoms with Gasteiger partial charge >= 0.3 is 0 Å². The van der Waals surface area contributed by atoms with E-state index in [9.17, 15) is 0 Å². The van der Waals surface area contributed by atoms with Crippen molar-refractivity contribution in [3.63, 3.8) is 0 Å². The summed E-state index contributed by atoms with van der Waals surface area (Å²) in [6.07, 6.45) is 7.02. The topological polar surface area (TPSA) is 47.1 Å². The normalized spacial score (nSPS) is 24.5. The van der Waals surface area contributed by atoms with Gasteiger partial charge in [-0.1, -0.05) is 19.8 Å². The second-order valence-corrected chi connectivity index (χ2v) is 7.13. The Labute approximate surface area is 130 Å². The van der Waals surface area contributed by atoms with Crippen molar-refractivity contribution >= 4 is 15.9 Å². The van der Waals surface area contributed by atoms with Crippen molar-refractivity contribution in [3.05, 3.63) is 16.4 Å². The molecule has 0 bridgehead atoms. The summed E-state index contributed by atoms with van der Waals surface area (Å²) in [5.41, 5.74) is 7.74. The molecule has 1 saturated carbocycles. The van der Waals surface area contributed by atoms with Gasteiger partial charge in [0.2, 0.25) is 0 Å². The number of likely N-dealkylation sites (N-methyl/N-ethyl adjacent to an activating group) is 1. The first-order valence-electron chi connectivity index (χ1n) is 7.64. The standard InChI is InChI=1S/C15H27BrN4/c1-4-11-5-6-12(9-11)14(17)15-13(16)10-18-20(15)8-7-19(2)3/h10-12,14H,4-9,17H2,1-3H3. The molecule has 2 rings (SSSR count). The van der Waals surface area contributed by atoms with Crippen molar-refractivity contribution in [2.24, 2.45) is 17.6 Å². The Morgan fingerprint density at radius 2 is 2.25 bits per heavy atom. The lowest BCUT2D eigenvalue weighted by atomic mass is 9.94. The van der Waals surface area contributed by atoms with E-state index in [1.54, 1.807) is 0 Å². The molecule has 2 N–H and O–H groups in total. The number of rotatable bonds is 6. The summed E-state index contributed by atoms with van der Waals surface area (Å²) in [6.45, 7) is 4.16. The lowest BCUT2D eigenvalue weighted by Gasteiger charge is -2.22. The number of aromatic nitrogens is 2. The lowest BCUT2D eigenvalue weighted by Crippen LogP contribution is -2.26. The first-order valence-corrected chi connectivity index (χ1v) is 8.43. The van der Waals surface area contributed by atoms with Gasteiger partial charge in [0.1, 0.15) is 0 Å². The van der Waals surface area contributed by atoms with Gasteiger partial charge < -0.3 is 10.6 Å². The fourth-order valence-corrected chi connectivity index (χ4v) is 3.77. The molecule has 1 aromatic rings. The Balaban J connectivity index is 2.09. The summed E-state index contributed by atoms with van der Waals surface area (Å²) in [5, 5.41) is 4.48. The highest BCUT2D eigenvalue weighted by atomic mass is 79.9. The van der Waals surface area contributed by atoms with Gasteiger partial charge in [-0.2, -0.15) is 5.10 Å². The third kappa shape index (κ3) is 3.62. The molecule has 0 aliphatic heterocycles. The molecule has 20 heavy (non-hydrogen) atoms. The van der Waals surface area contributed by atoms with Crippen LogP contribution in [0.2, 0.25) is 0 Å². The number of hydrogen-bond acceptors (Lipinski definition) is 3. The fourth-order valence-electron chi connectivity index (χ4n) is 3.21. The SMILES string of the molecule is CCC1CCC(C(N)c2c(Br)cnn2CCN(C)C)C1. The molecule has 1 aliphatic carbocycles. The summed E-state index contributed by atoms with van der Waals surface area (Å²) in [7, 11) is 4.17. The van der Waals surface area contributed by atoms with Crippen LogP contribution in [0, 0.1) is 11.8 Å². The highest BCUT2D eigenvalue weighted by molar-refractivity contribution is 9.10. The Morgan fingerprint density at radius 1 is 1.50 bits per heavy atom. The van der Waals surface area contributed by atoms with Gasteiger partial charge in [-0.05, 0) is 54.7 Å². The van der Waals surface area contributed by atoms with Gasteiger partial charge in [0.05, 0.1) is 29.0 Å². The van der Waals surface area contributed by atoms with E-state index < -0.39 is 0 Å². The van der Waals surface area contributed by atoms with E-state index in [1.807, 2.05) is 6.20 Å². The predicted molar refractivity (Wildman–Crippen MR) is 86.5 cm³/mol. The van der Waals surface area contributed by atoms with Crippen LogP contribution in [0.4, 0.5) is 0 Å². The van der Waals surface area contributed by atoms with Gasteiger partial charge in [-0.25, -0.2) is 0 Å². The monoisotopic (exact) mass is 342 g/mol. The maximum atomic E-state index is 6.57. The molecule has 0 saturated heterocycles. The Bertz CT molecular complexity index is 430. The molecular formula is C15H27BrN4. The van der Waals surface area contributed by atoms with E-state index in [0.717, 1.165) is 23.5 Å². The third-order valence-electron chi connectivity index (χ3n) is 4.58. The van der Waals surface area contributed by atoms with Crippen molar-refractivity contribution in [1.29, 1.82) is 0 Å². The van der Waals surface area contributed by atoms with E-state index in [-0.39, 0.29) is 6.04 Å². The van der Waals surface area contributed by atoms with Crippen LogP contribution in [-0.2, 0) is 6.54 Å². The first kappa shape index (κ1) is 16.0. The number of hydrogen-bond donors (Lipinski definition) is 1. The number of nitrogens with zero attached hydrogens (tertiary/aromatic N) is 3. The molecule has 1 aliphatic rings. The average molecular weight is 343 g/mol. The summed E-state index contributed by atoms with van der Waals surface area (Å²) in [6, 6.07) is 0.102. The minimum atomic E-state index is 0.102. The van der Waals surface area contributed by atoms with E-state index in [2.05, 4.69) is 51.6 Å². The Morgan fingerprint density at radius 3 is 2.85 bits per heavy atom. The summed E-state index contributed by atoms with van der Waals surface area (Å²) < 4.78 is 3.14. The second-order valence-electron chi connectivity index (χ2n) is 6.28. The molecule has 1 heterocycles. The van der Waals surface area contributed by atoms with Crippen LogP contribution in [0.1, 0.15) is 44.3 Å². The van der Waals surface area contributed by atoms with E-state index in [1.165, 1.54) is 31.4 Å². The maximum absolute atomic E-state index is 6.57. The van der Waals surface area contributed by atoms with E-state index in [4.69, 9.17) is 5.73 Å². The lowest BCUT2D eigenvalue weighted by molar-refractivity contribution is 0.350. The van der Waals surface area contributed by atoms with Crippen LogP contribution in [0.3, 0.4) is 0 Å². The van der Waals surface area contributed by atoms with E-state index >= 15 is 0 Å². The van der Waals surface area contributed by atoms with Gasteiger partial charge in [-0.15, -0.1) is 0 Å². The Kier molecular flexibility index (Phi) is 5.64. The highest BCUT2D eigenvalue weighted by Gasteiger charge is 2.31. The molecule has 1 aromatic heterocycles. The molecule has 5 heteroatoms. The van der Waals surface area contributed by atoms with E-state index in [0.29, 0.717) is 5.92 Å². The molecule has 114 valence electrons. The molecule has 3 unspecified atom stereocenters. The maximum Gasteiger partial charge on any atom is 0.0696 e. The largest absolute Gasteiger partial charge is 0.322 e. The second kappa shape index (κ2) is 7.05. The zero-order valence-electron chi connectivity index (χ0n) is 12.8. The summed E-state index contributed by atoms with van der Waals surface area (Å²) in [5.74, 6) is 1.47. The van der Waals surface area contributed by atoms with Crippen molar-refractivity contribution in [2.45, 2.75) is 45.2 Å². The fraction of sp³-hybridized carbons (Fsp3) is 0.800. The van der Waals surface area contributed by atoms with Crippen LogP contribution in [0.5, 0.6) is 0 Å². The van der Waals surface area contributed by atoms with Crippen molar-refractivity contribution in [1.82, 2.24) is 14.7 Å². The van der Waals surface area contributed by atoms with Gasteiger partial charge in [-0.3, -0.25) is 4.68 Å². The molecular weight excluding hydrogens is 316 g/mol. The molecule has 0 spiro atoms.